The van der Waals surface area contributed by atoms with Gasteiger partial charge in [0, 0.05) is 11.3 Å². The zero-order chi connectivity index (χ0) is 15.4. The first-order valence-corrected chi connectivity index (χ1v) is 6.59. The van der Waals surface area contributed by atoms with Crippen LogP contribution in [0, 0.1) is 13.8 Å². The van der Waals surface area contributed by atoms with E-state index in [-0.39, 0.29) is 16.9 Å². The van der Waals surface area contributed by atoms with Crippen LogP contribution in [0.25, 0.3) is 6.08 Å². The molecule has 0 aliphatic rings. The monoisotopic (exact) mass is 283 g/mol. The second-order valence-electron chi connectivity index (χ2n) is 4.78. The lowest BCUT2D eigenvalue weighted by atomic mass is 10.0. The van der Waals surface area contributed by atoms with Crippen molar-refractivity contribution in [3.05, 3.63) is 69.1 Å². The number of benzene rings is 1. The number of H-pyrrole nitrogens is 1. The van der Waals surface area contributed by atoms with Crippen LogP contribution in [-0.2, 0) is 0 Å². The Morgan fingerprint density at radius 1 is 1.24 bits per heavy atom. The smallest absolute Gasteiger partial charge is 0.259 e. The number of aryl methyl sites for hydroxylation is 2. The van der Waals surface area contributed by atoms with E-state index in [0.717, 1.165) is 11.3 Å². The Balaban J connectivity index is 2.34. The van der Waals surface area contributed by atoms with Gasteiger partial charge >= 0.3 is 0 Å². The van der Waals surface area contributed by atoms with Crippen LogP contribution in [0.3, 0.4) is 0 Å². The van der Waals surface area contributed by atoms with E-state index in [9.17, 15) is 9.59 Å². The van der Waals surface area contributed by atoms with E-state index in [1.165, 1.54) is 6.08 Å². The van der Waals surface area contributed by atoms with Crippen molar-refractivity contribution in [1.82, 2.24) is 4.98 Å². The van der Waals surface area contributed by atoms with Crippen molar-refractivity contribution in [3.8, 4) is 5.75 Å². The fourth-order valence-electron chi connectivity index (χ4n) is 2.21. The normalized spacial score (nSPS) is 10.8. The summed E-state index contributed by atoms with van der Waals surface area (Å²) >= 11 is 0. The fourth-order valence-corrected chi connectivity index (χ4v) is 2.21. The molecule has 0 unspecified atom stereocenters. The van der Waals surface area contributed by atoms with Crippen LogP contribution in [0.15, 0.2) is 41.2 Å². The van der Waals surface area contributed by atoms with Gasteiger partial charge in [0.2, 0.25) is 0 Å². The molecule has 0 amide bonds. The van der Waals surface area contributed by atoms with Gasteiger partial charge in [-0.3, -0.25) is 9.59 Å². The number of nitrogens with one attached hydrogen (secondary N) is 1. The molecule has 0 atom stereocenters. The number of hydrogen-bond donors (Lipinski definition) is 1. The molecule has 1 heterocycles. The Morgan fingerprint density at radius 2 is 1.95 bits per heavy atom. The highest BCUT2D eigenvalue weighted by molar-refractivity contribution is 6.07. The number of hydrogen-bond acceptors (Lipinski definition) is 3. The molecule has 0 saturated carbocycles. The summed E-state index contributed by atoms with van der Waals surface area (Å²) in [7, 11) is 1.57. The molecule has 21 heavy (non-hydrogen) atoms. The van der Waals surface area contributed by atoms with E-state index in [1.54, 1.807) is 33.1 Å². The topological polar surface area (TPSA) is 59.2 Å². The molecule has 0 fully saturated rings. The highest BCUT2D eigenvalue weighted by Crippen LogP contribution is 2.19. The summed E-state index contributed by atoms with van der Waals surface area (Å²) < 4.78 is 5.22. The van der Waals surface area contributed by atoms with Crippen molar-refractivity contribution in [2.75, 3.05) is 7.11 Å². The third kappa shape index (κ3) is 3.28. The Hall–Kier alpha value is -2.62. The van der Waals surface area contributed by atoms with Gasteiger partial charge in [0.25, 0.3) is 5.56 Å². The molecule has 4 nitrogen and oxygen atoms in total. The van der Waals surface area contributed by atoms with Gasteiger partial charge in [0.05, 0.1) is 12.7 Å². The SMILES string of the molecule is COc1ccccc1/C=C/C(=O)c1c(C)cc(C)[nH]c1=O. The first kappa shape index (κ1) is 14.8. The number of ether oxygens (including phenoxy) is 1. The molecular weight excluding hydrogens is 266 g/mol. The lowest BCUT2D eigenvalue weighted by Gasteiger charge is -2.04. The van der Waals surface area contributed by atoms with E-state index in [0.29, 0.717) is 11.3 Å². The fraction of sp³-hybridized carbons (Fsp3) is 0.176. The number of allylic oxidation sites excluding steroid dienone is 1. The van der Waals surface area contributed by atoms with Crippen LogP contribution in [0.2, 0.25) is 0 Å². The molecule has 0 saturated heterocycles. The second kappa shape index (κ2) is 6.22. The van der Waals surface area contributed by atoms with Crippen LogP contribution >= 0.6 is 0 Å². The van der Waals surface area contributed by atoms with Gasteiger partial charge in [-0.25, -0.2) is 0 Å². The van der Waals surface area contributed by atoms with Crippen molar-refractivity contribution < 1.29 is 9.53 Å². The number of para-hydroxylation sites is 1. The minimum atomic E-state index is -0.359. The van der Waals surface area contributed by atoms with Gasteiger partial charge in [0.1, 0.15) is 5.75 Å². The van der Waals surface area contributed by atoms with E-state index in [2.05, 4.69) is 4.98 Å². The summed E-state index contributed by atoms with van der Waals surface area (Å²) in [4.78, 5) is 26.8. The number of rotatable bonds is 4. The van der Waals surface area contributed by atoms with Crippen LogP contribution in [0.5, 0.6) is 5.75 Å². The first-order valence-electron chi connectivity index (χ1n) is 6.59. The maximum atomic E-state index is 12.2. The molecule has 0 aliphatic carbocycles. The van der Waals surface area contributed by atoms with Gasteiger partial charge in [-0.2, -0.15) is 0 Å². The van der Waals surface area contributed by atoms with E-state index in [1.807, 2.05) is 24.3 Å². The van der Waals surface area contributed by atoms with Crippen molar-refractivity contribution in [1.29, 1.82) is 0 Å². The van der Waals surface area contributed by atoms with Crippen molar-refractivity contribution >= 4 is 11.9 Å². The summed E-state index contributed by atoms with van der Waals surface area (Å²) in [5, 5.41) is 0. The predicted molar refractivity (Wildman–Crippen MR) is 82.9 cm³/mol. The van der Waals surface area contributed by atoms with Gasteiger partial charge in [-0.1, -0.05) is 18.2 Å². The number of carbonyl (C=O) groups is 1. The lowest BCUT2D eigenvalue weighted by Crippen LogP contribution is -2.19. The van der Waals surface area contributed by atoms with Gasteiger partial charge in [-0.15, -0.1) is 0 Å². The van der Waals surface area contributed by atoms with Crippen molar-refractivity contribution in [2.45, 2.75) is 13.8 Å². The number of pyridine rings is 1. The molecule has 1 aromatic carbocycles. The number of carbonyl (C=O) groups excluding carboxylic acids is 1. The Bertz CT molecular complexity index is 757. The molecule has 0 radical (unpaired) electrons. The molecule has 1 N–H and O–H groups in total. The zero-order valence-electron chi connectivity index (χ0n) is 12.3. The first-order chi connectivity index (χ1) is 10.0. The molecule has 4 heteroatoms. The molecule has 0 bridgehead atoms. The Morgan fingerprint density at radius 3 is 2.62 bits per heavy atom. The summed E-state index contributed by atoms with van der Waals surface area (Å²) in [6, 6.07) is 9.15. The minimum absolute atomic E-state index is 0.173. The lowest BCUT2D eigenvalue weighted by molar-refractivity contribution is 0.104. The van der Waals surface area contributed by atoms with Crippen LogP contribution in [-0.4, -0.2) is 17.9 Å². The Labute approximate surface area is 123 Å². The predicted octanol–water partition coefficient (Wildman–Crippen LogP) is 2.90. The highest BCUT2D eigenvalue weighted by Gasteiger charge is 2.11. The number of aromatic amines is 1. The standard InChI is InChI=1S/C17H17NO3/c1-11-10-12(2)18-17(20)16(11)14(19)9-8-13-6-4-5-7-15(13)21-3/h4-10H,1-3H3,(H,18,20)/b9-8+. The number of aromatic nitrogens is 1. The minimum Gasteiger partial charge on any atom is -0.496 e. The average Bonchev–Trinajstić information content (AvgIpc) is 2.44. The molecule has 2 aromatic rings. The Kier molecular flexibility index (Phi) is 4.38. The maximum Gasteiger partial charge on any atom is 0.259 e. The van der Waals surface area contributed by atoms with Gasteiger partial charge < -0.3 is 9.72 Å². The highest BCUT2D eigenvalue weighted by atomic mass is 16.5. The maximum absolute atomic E-state index is 12.2. The van der Waals surface area contributed by atoms with E-state index < -0.39 is 0 Å². The summed E-state index contributed by atoms with van der Waals surface area (Å²) in [5.41, 5.74) is 2.01. The zero-order valence-corrected chi connectivity index (χ0v) is 12.3. The van der Waals surface area contributed by atoms with Crippen LogP contribution < -0.4 is 10.3 Å². The molecule has 2 rings (SSSR count). The summed E-state index contributed by atoms with van der Waals surface area (Å²) in [6.07, 6.45) is 3.05. The molecule has 1 aromatic heterocycles. The van der Waals surface area contributed by atoms with Gasteiger partial charge in [0.15, 0.2) is 5.78 Å². The van der Waals surface area contributed by atoms with Crippen LogP contribution in [0.4, 0.5) is 0 Å². The molecule has 0 spiro atoms. The largest absolute Gasteiger partial charge is 0.496 e. The quantitative estimate of drug-likeness (QED) is 0.693. The second-order valence-corrected chi connectivity index (χ2v) is 4.78. The van der Waals surface area contributed by atoms with Crippen molar-refractivity contribution in [3.63, 3.8) is 0 Å². The summed E-state index contributed by atoms with van der Waals surface area (Å²) in [5.74, 6) is 0.357. The van der Waals surface area contributed by atoms with Crippen LogP contribution in [0.1, 0.15) is 27.2 Å². The average molecular weight is 283 g/mol. The third-order valence-corrected chi connectivity index (χ3v) is 3.16. The van der Waals surface area contributed by atoms with E-state index in [4.69, 9.17) is 4.74 Å². The number of ketones is 1. The van der Waals surface area contributed by atoms with E-state index >= 15 is 0 Å². The van der Waals surface area contributed by atoms with Crippen molar-refractivity contribution in [2.24, 2.45) is 0 Å². The molecule has 0 aliphatic heterocycles. The molecule has 108 valence electrons. The summed E-state index contributed by atoms with van der Waals surface area (Å²) in [6.45, 7) is 3.54. The van der Waals surface area contributed by atoms with Gasteiger partial charge in [-0.05, 0) is 43.7 Å². The molecular formula is C17H17NO3. The third-order valence-electron chi connectivity index (χ3n) is 3.16. The number of methoxy groups -OCH3 is 1.